The summed E-state index contributed by atoms with van der Waals surface area (Å²) in [4.78, 5) is 0. The van der Waals surface area contributed by atoms with Crippen LogP contribution in [0.2, 0.25) is 0 Å². The Morgan fingerprint density at radius 1 is 0.650 bits per heavy atom. The van der Waals surface area contributed by atoms with Crippen LogP contribution in [-0.4, -0.2) is 8.80 Å². The van der Waals surface area contributed by atoms with Gasteiger partial charge in [-0.15, -0.1) is 17.7 Å². The van der Waals surface area contributed by atoms with Crippen molar-refractivity contribution in [2.75, 3.05) is 0 Å². The third-order valence-corrected chi connectivity index (χ3v) is 11.3. The van der Waals surface area contributed by atoms with E-state index in [9.17, 15) is 0 Å². The van der Waals surface area contributed by atoms with Crippen LogP contribution >= 0.6 is 0 Å². The molecule has 40 heavy (non-hydrogen) atoms. The first-order valence-corrected chi connectivity index (χ1v) is 16.6. The maximum atomic E-state index is 4.03. The minimum Gasteiger partial charge on any atom is -0.177 e. The largest absolute Gasteiger partial charge is 0.177 e. The number of rotatable bonds is 6. The van der Waals surface area contributed by atoms with Crippen molar-refractivity contribution in [2.45, 2.75) is 106 Å². The van der Waals surface area contributed by atoms with Crippen molar-refractivity contribution in [3.63, 3.8) is 0 Å². The van der Waals surface area contributed by atoms with Crippen molar-refractivity contribution in [1.82, 2.24) is 0 Å². The van der Waals surface area contributed by atoms with Crippen LogP contribution < -0.4 is 10.4 Å². The average molecular weight is 582 g/mol. The predicted octanol–water partition coefficient (Wildman–Crippen LogP) is 8.78. The SMILES string of the molecule is CCCC1=C([SiH](c2cc(C)cc(C)c2)c2cc(C)cc(C)c2)CC(c2cc(C(C)(C)C)cc(C(C)(C)C)c2)=[C-]1.[Ti]. The van der Waals surface area contributed by atoms with Gasteiger partial charge in [-0.1, -0.05) is 154 Å². The Morgan fingerprint density at radius 2 is 1.07 bits per heavy atom. The molecule has 2 heteroatoms. The molecule has 0 N–H and O–H groups in total. The second-order valence-electron chi connectivity index (χ2n) is 14.1. The van der Waals surface area contributed by atoms with Crippen molar-refractivity contribution < 1.29 is 21.7 Å². The van der Waals surface area contributed by atoms with Gasteiger partial charge in [0.25, 0.3) is 0 Å². The van der Waals surface area contributed by atoms with Crippen molar-refractivity contribution in [1.29, 1.82) is 0 Å². The van der Waals surface area contributed by atoms with Gasteiger partial charge >= 0.3 is 0 Å². The number of hydrogen-bond donors (Lipinski definition) is 0. The van der Waals surface area contributed by atoms with E-state index >= 15 is 0 Å². The summed E-state index contributed by atoms with van der Waals surface area (Å²) < 4.78 is 0. The molecular formula is C38H49SiTi-. The molecule has 0 saturated heterocycles. The van der Waals surface area contributed by atoms with Gasteiger partial charge in [-0.2, -0.15) is 22.4 Å². The van der Waals surface area contributed by atoms with Crippen LogP contribution in [0.3, 0.4) is 0 Å². The molecule has 0 aliphatic heterocycles. The minimum atomic E-state index is -1.66. The molecule has 0 bridgehead atoms. The van der Waals surface area contributed by atoms with Crippen molar-refractivity contribution in [3.8, 4) is 0 Å². The zero-order valence-corrected chi connectivity index (χ0v) is 29.6. The summed E-state index contributed by atoms with van der Waals surface area (Å²) in [5.74, 6) is 0. The van der Waals surface area contributed by atoms with E-state index in [1.807, 2.05) is 0 Å². The summed E-state index contributed by atoms with van der Waals surface area (Å²) in [6.07, 6.45) is 7.29. The van der Waals surface area contributed by atoms with Gasteiger partial charge in [0.05, 0.1) is 8.80 Å². The van der Waals surface area contributed by atoms with Crippen LogP contribution in [-0.2, 0) is 32.5 Å². The van der Waals surface area contributed by atoms with Gasteiger partial charge in [0, 0.05) is 21.7 Å². The second kappa shape index (κ2) is 12.5. The molecule has 1 aliphatic carbocycles. The molecule has 3 aromatic carbocycles. The first kappa shape index (κ1) is 32.6. The fourth-order valence-electron chi connectivity index (χ4n) is 6.14. The third kappa shape index (κ3) is 7.47. The molecule has 0 unspecified atom stereocenters. The van der Waals surface area contributed by atoms with Gasteiger partial charge in [0.2, 0.25) is 0 Å². The summed E-state index contributed by atoms with van der Waals surface area (Å²) in [5, 5.41) is 4.76. The van der Waals surface area contributed by atoms with Gasteiger partial charge in [0.15, 0.2) is 0 Å². The van der Waals surface area contributed by atoms with E-state index in [-0.39, 0.29) is 32.5 Å². The Labute approximate surface area is 261 Å². The molecule has 0 saturated carbocycles. The molecule has 0 spiro atoms. The Kier molecular flexibility index (Phi) is 10.2. The summed E-state index contributed by atoms with van der Waals surface area (Å²) in [7, 11) is -1.66. The number of benzene rings is 3. The van der Waals surface area contributed by atoms with E-state index in [4.69, 9.17) is 0 Å². The normalized spacial score (nSPS) is 14.1. The van der Waals surface area contributed by atoms with E-state index < -0.39 is 8.80 Å². The van der Waals surface area contributed by atoms with E-state index in [1.165, 1.54) is 50.1 Å². The molecule has 3 aromatic rings. The first-order valence-electron chi connectivity index (χ1n) is 14.8. The van der Waals surface area contributed by atoms with Gasteiger partial charge in [-0.05, 0) is 38.5 Å². The standard InChI is InChI=1S/C38H49Si.Ti/c1-12-13-29-20-30(31-21-32(37(6,7)8)24-33(22-31)38(9,10)11)23-36(29)39(34-16-25(2)14-26(3)17-34)35-18-27(4)15-28(5)19-35;/h14-19,21-22,24,39H,12-13,23H2,1-11H3;/q-1;. The molecule has 0 nitrogen and oxygen atoms in total. The van der Waals surface area contributed by atoms with Crippen LogP contribution in [0, 0.1) is 33.8 Å². The number of hydrogen-bond acceptors (Lipinski definition) is 0. The molecule has 0 radical (unpaired) electrons. The van der Waals surface area contributed by atoms with E-state index in [2.05, 4.69) is 137 Å². The van der Waals surface area contributed by atoms with E-state index in [1.54, 1.807) is 15.6 Å². The van der Waals surface area contributed by atoms with Gasteiger partial charge < -0.3 is 0 Å². The fraction of sp³-hybridized carbons (Fsp3) is 0.421. The van der Waals surface area contributed by atoms with Crippen LogP contribution in [0.5, 0.6) is 0 Å². The smallest absolute Gasteiger partial charge is 0.0742 e. The van der Waals surface area contributed by atoms with E-state index in [0.29, 0.717) is 0 Å². The Bertz CT molecular complexity index is 1320. The van der Waals surface area contributed by atoms with Crippen LogP contribution in [0.4, 0.5) is 0 Å². The maximum Gasteiger partial charge on any atom is 0.0742 e. The molecular weight excluding hydrogens is 532 g/mol. The number of aryl methyl sites for hydroxylation is 4. The average Bonchev–Trinajstić information content (AvgIpc) is 3.20. The second-order valence-corrected chi connectivity index (χ2v) is 17.0. The van der Waals surface area contributed by atoms with E-state index in [0.717, 1.165) is 19.3 Å². The molecule has 0 atom stereocenters. The Hall–Kier alpha value is -1.93. The summed E-state index contributed by atoms with van der Waals surface area (Å²) in [6.45, 7) is 25.3. The molecule has 1 aliphatic rings. The molecule has 0 amide bonds. The maximum absolute atomic E-state index is 4.03. The monoisotopic (exact) mass is 581 g/mol. The molecule has 4 rings (SSSR count). The van der Waals surface area contributed by atoms with Gasteiger partial charge in [-0.3, -0.25) is 0 Å². The van der Waals surface area contributed by atoms with Crippen molar-refractivity contribution in [2.24, 2.45) is 0 Å². The topological polar surface area (TPSA) is 0 Å². The fourth-order valence-corrected chi connectivity index (χ4v) is 10.0. The van der Waals surface area contributed by atoms with Crippen molar-refractivity contribution in [3.05, 3.63) is 110 Å². The number of allylic oxidation sites excluding steroid dienone is 4. The zero-order chi connectivity index (χ0) is 28.7. The van der Waals surface area contributed by atoms with Crippen molar-refractivity contribution >= 4 is 24.7 Å². The first-order chi connectivity index (χ1) is 18.2. The Morgan fingerprint density at radius 3 is 1.45 bits per heavy atom. The summed E-state index contributed by atoms with van der Waals surface area (Å²) in [5.41, 5.74) is 12.7. The molecule has 210 valence electrons. The third-order valence-electron chi connectivity index (χ3n) is 8.07. The minimum absolute atomic E-state index is 0. The quantitative estimate of drug-likeness (QED) is 0.202. The van der Waals surface area contributed by atoms with Gasteiger partial charge in [-0.25, -0.2) is 0 Å². The summed E-state index contributed by atoms with van der Waals surface area (Å²) >= 11 is 0. The predicted molar refractivity (Wildman–Crippen MR) is 175 cm³/mol. The van der Waals surface area contributed by atoms with Crippen LogP contribution in [0.1, 0.15) is 107 Å². The molecule has 0 heterocycles. The van der Waals surface area contributed by atoms with Crippen LogP contribution in [0.15, 0.2) is 65.4 Å². The Balaban J connectivity index is 0.00000441. The van der Waals surface area contributed by atoms with Crippen LogP contribution in [0.25, 0.3) is 5.57 Å². The molecule has 0 fully saturated rings. The molecule has 0 aromatic heterocycles. The zero-order valence-electron chi connectivity index (χ0n) is 26.9. The van der Waals surface area contributed by atoms with Gasteiger partial charge in [0.1, 0.15) is 0 Å². The summed E-state index contributed by atoms with van der Waals surface area (Å²) in [6, 6.07) is 21.8.